The second kappa shape index (κ2) is 25.6. The van der Waals surface area contributed by atoms with Crippen LogP contribution < -0.4 is 34.1 Å². The van der Waals surface area contributed by atoms with Gasteiger partial charge in [-0.05, 0) is 65.5 Å². The first-order valence-electron chi connectivity index (χ1n) is 21.6. The van der Waals surface area contributed by atoms with Crippen LogP contribution in [0.2, 0.25) is 0 Å². The highest BCUT2D eigenvalue weighted by atomic mass is 19.1. The summed E-state index contributed by atoms with van der Waals surface area (Å²) in [5.74, 6) is -2.50. The molecule has 3 aromatic carbocycles. The molecule has 5 rings (SSSR count). The summed E-state index contributed by atoms with van der Waals surface area (Å²) >= 11 is 0. The SMILES string of the molecule is COC(=O)CN(CC(=O)OC)c1ccc(F)cc1OCCOc1cc(-c2c3ccc(=[N+](C)CCCN=[N+]=[N-])cc-3oc3cc(N(C)CCCN=[N+]=[N-])ccc23)ccc1N(CC(=O)OC)CC(=O)OC. The minimum atomic E-state index is -0.667. The normalized spacial score (nSPS) is 11.1. The van der Waals surface area contributed by atoms with Gasteiger partial charge in [0.25, 0.3) is 0 Å². The molecule has 0 unspecified atom stereocenters. The number of carbonyl (C=O) groups excluding carboxylic acids is 4. The number of rotatable bonds is 25. The second-order valence-electron chi connectivity index (χ2n) is 15.3. The number of hydrogen-bond acceptors (Lipinski definition) is 16. The van der Waals surface area contributed by atoms with E-state index >= 15 is 0 Å². The van der Waals surface area contributed by atoms with Crippen molar-refractivity contribution in [1.29, 1.82) is 0 Å². The number of esters is 4. The zero-order valence-corrected chi connectivity index (χ0v) is 39.3. The number of fused-ring (bicyclic) bond motifs is 2. The van der Waals surface area contributed by atoms with Crippen molar-refractivity contribution < 1.29 is 56.4 Å². The Morgan fingerprint density at radius 1 is 0.696 bits per heavy atom. The summed E-state index contributed by atoms with van der Waals surface area (Å²) in [4.78, 5) is 60.7. The Kier molecular flexibility index (Phi) is 19.2. The molecule has 0 aromatic heterocycles. The van der Waals surface area contributed by atoms with Gasteiger partial charge in [0.1, 0.15) is 81.6 Å². The predicted octanol–water partition coefficient (Wildman–Crippen LogP) is 6.35. The van der Waals surface area contributed by atoms with Gasteiger partial charge in [-0.1, -0.05) is 16.3 Å². The number of carbonyl (C=O) groups is 4. The molecule has 0 bridgehead atoms. The van der Waals surface area contributed by atoms with E-state index in [1.807, 2.05) is 66.0 Å². The standard InChI is InChI=1S/C47H54FN10O11/c1-55(19-7-17-51-53-49)33-11-13-35-39(25-33)69-40-26-34(56(2)20-8-18-52-54-50)12-14-36(40)47(35)31-9-15-37(57(27-43(59)63-3)28-44(60)64-4)41(23-31)67-21-22-68-42-24-32(48)10-16-38(42)58(29-45(61)65-5)30-46(62)66-6/h9-16,23-26H,7-8,17-22,27-30H2,1-6H3/q+1. The van der Waals surface area contributed by atoms with Crippen LogP contribution in [-0.2, 0) is 38.1 Å². The number of benzene rings is 4. The van der Waals surface area contributed by atoms with Gasteiger partial charge in [-0.2, -0.15) is 0 Å². The van der Waals surface area contributed by atoms with Crippen molar-refractivity contribution >= 4 is 51.9 Å². The molecule has 364 valence electrons. The van der Waals surface area contributed by atoms with E-state index in [2.05, 4.69) is 20.1 Å². The molecule has 0 amide bonds. The van der Waals surface area contributed by atoms with E-state index in [-0.39, 0.29) is 56.6 Å². The summed E-state index contributed by atoms with van der Waals surface area (Å²) in [5, 5.41) is 8.90. The molecule has 3 aromatic rings. The third kappa shape index (κ3) is 14.1. The fraction of sp³-hybridized carbons (Fsp3) is 0.383. The Morgan fingerprint density at radius 3 is 1.81 bits per heavy atom. The Balaban J connectivity index is 1.63. The molecule has 1 aliphatic carbocycles. The fourth-order valence-electron chi connectivity index (χ4n) is 7.31. The molecule has 0 saturated heterocycles. The van der Waals surface area contributed by atoms with Gasteiger partial charge in [-0.25, -0.2) is 8.97 Å². The number of azide groups is 2. The van der Waals surface area contributed by atoms with Crippen LogP contribution in [0.1, 0.15) is 12.8 Å². The third-order valence-corrected chi connectivity index (χ3v) is 10.8. The topological polar surface area (TPSA) is 247 Å². The summed E-state index contributed by atoms with van der Waals surface area (Å²) < 4.78 is 55.5. The van der Waals surface area contributed by atoms with Gasteiger partial charge in [0.15, 0.2) is 0 Å². The lowest BCUT2D eigenvalue weighted by Gasteiger charge is -2.26. The molecule has 0 fully saturated rings. The van der Waals surface area contributed by atoms with Crippen molar-refractivity contribution in [1.82, 2.24) is 4.58 Å². The molecule has 0 atom stereocenters. The maximum Gasteiger partial charge on any atom is 0.325 e. The average Bonchev–Trinajstić information content (AvgIpc) is 3.35. The van der Waals surface area contributed by atoms with E-state index in [9.17, 15) is 23.6 Å². The van der Waals surface area contributed by atoms with E-state index < -0.39 is 29.7 Å². The monoisotopic (exact) mass is 953 g/mol. The van der Waals surface area contributed by atoms with Crippen molar-refractivity contribution in [2.45, 2.75) is 12.8 Å². The van der Waals surface area contributed by atoms with Gasteiger partial charge in [-0.3, -0.25) is 19.2 Å². The predicted molar refractivity (Wildman–Crippen MR) is 255 cm³/mol. The molecule has 1 heterocycles. The number of nitrogens with zero attached hydrogens (tertiary/aromatic N) is 10. The van der Waals surface area contributed by atoms with Gasteiger partial charge in [0.2, 0.25) is 5.36 Å². The van der Waals surface area contributed by atoms with E-state index in [0.717, 1.165) is 39.7 Å². The van der Waals surface area contributed by atoms with Crippen LogP contribution in [0.15, 0.2) is 87.4 Å². The summed E-state index contributed by atoms with van der Waals surface area (Å²) in [5.41, 5.74) is 21.6. The summed E-state index contributed by atoms with van der Waals surface area (Å²) in [6.45, 7) is 0.0891. The zero-order valence-electron chi connectivity index (χ0n) is 39.3. The van der Waals surface area contributed by atoms with Crippen LogP contribution in [0, 0.1) is 5.82 Å². The van der Waals surface area contributed by atoms with Crippen molar-refractivity contribution in [3.63, 3.8) is 0 Å². The average molecular weight is 954 g/mol. The Morgan fingerprint density at radius 2 is 1.25 bits per heavy atom. The molecule has 2 aliphatic rings. The van der Waals surface area contributed by atoms with Crippen molar-refractivity contribution in [3.05, 3.63) is 105 Å². The molecule has 1 aliphatic heterocycles. The number of halogens is 1. The van der Waals surface area contributed by atoms with E-state index in [4.69, 9.17) is 43.9 Å². The molecular formula is C47H54FN10O11+. The lowest BCUT2D eigenvalue weighted by atomic mass is 9.93. The molecule has 0 saturated carbocycles. The first kappa shape index (κ1) is 51.8. The summed E-state index contributed by atoms with van der Waals surface area (Å²) in [7, 11) is 8.70. The van der Waals surface area contributed by atoms with Gasteiger partial charge < -0.3 is 47.5 Å². The maximum absolute atomic E-state index is 14.7. The van der Waals surface area contributed by atoms with Gasteiger partial charge in [0, 0.05) is 83.3 Å². The Bertz CT molecular complexity index is 2740. The largest absolute Gasteiger partial charge is 0.488 e. The fourth-order valence-corrected chi connectivity index (χ4v) is 7.31. The number of methoxy groups -OCH3 is 4. The van der Waals surface area contributed by atoms with Crippen LogP contribution in [0.5, 0.6) is 11.5 Å². The van der Waals surface area contributed by atoms with Gasteiger partial charge in [-0.15, -0.1) is 0 Å². The van der Waals surface area contributed by atoms with E-state index in [1.54, 1.807) is 12.1 Å². The van der Waals surface area contributed by atoms with Crippen molar-refractivity contribution in [2.24, 2.45) is 10.2 Å². The van der Waals surface area contributed by atoms with E-state index in [1.165, 1.54) is 44.3 Å². The van der Waals surface area contributed by atoms with Gasteiger partial charge >= 0.3 is 23.9 Å². The first-order valence-corrected chi connectivity index (χ1v) is 21.6. The molecule has 22 heteroatoms. The Hall–Kier alpha value is -8.22. The molecule has 0 radical (unpaired) electrons. The van der Waals surface area contributed by atoms with Crippen molar-refractivity contribution in [3.8, 4) is 33.9 Å². The molecule has 0 N–H and O–H groups in total. The molecule has 69 heavy (non-hydrogen) atoms. The lowest BCUT2D eigenvalue weighted by Crippen LogP contribution is -2.36. The quantitative estimate of drug-likeness (QED) is 0.00905. The highest BCUT2D eigenvalue weighted by Gasteiger charge is 2.25. The minimum Gasteiger partial charge on any atom is -0.488 e. The van der Waals surface area contributed by atoms with E-state index in [0.29, 0.717) is 61.6 Å². The summed E-state index contributed by atoms with van der Waals surface area (Å²) in [6, 6.07) is 20.6. The molecular weight excluding hydrogens is 900 g/mol. The highest BCUT2D eigenvalue weighted by molar-refractivity contribution is 6.03. The van der Waals surface area contributed by atoms with Crippen LogP contribution in [0.4, 0.5) is 21.5 Å². The zero-order chi connectivity index (χ0) is 49.9. The summed E-state index contributed by atoms with van der Waals surface area (Å²) in [6.07, 6.45) is 1.26. The second-order valence-corrected chi connectivity index (χ2v) is 15.3. The first-order chi connectivity index (χ1) is 33.3. The number of hydrogen-bond donors (Lipinski definition) is 0. The van der Waals surface area contributed by atoms with Crippen LogP contribution in [0.3, 0.4) is 0 Å². The Labute approximate surface area is 396 Å². The van der Waals surface area contributed by atoms with Crippen molar-refractivity contribution in [2.75, 3.05) is 123 Å². The maximum atomic E-state index is 14.7. The highest BCUT2D eigenvalue weighted by Crippen LogP contribution is 2.43. The van der Waals surface area contributed by atoms with Crippen LogP contribution in [-0.4, -0.2) is 132 Å². The number of anilines is 3. The third-order valence-electron chi connectivity index (χ3n) is 10.8. The molecule has 21 nitrogen and oxygen atoms in total. The van der Waals surface area contributed by atoms with Gasteiger partial charge in [0.05, 0.1) is 45.9 Å². The lowest BCUT2D eigenvalue weighted by molar-refractivity contribution is -0.141. The smallest absolute Gasteiger partial charge is 0.325 e. The van der Waals surface area contributed by atoms with Crippen LogP contribution in [0.25, 0.3) is 54.3 Å². The molecule has 0 spiro atoms. The minimum absolute atomic E-state index is 0.00858. The number of ether oxygens (including phenoxy) is 6. The van der Waals surface area contributed by atoms with Crippen LogP contribution >= 0.6 is 0 Å².